The van der Waals surface area contributed by atoms with Gasteiger partial charge in [-0.1, -0.05) is 77.3 Å². The van der Waals surface area contributed by atoms with E-state index >= 15 is 0 Å². The van der Waals surface area contributed by atoms with Gasteiger partial charge in [-0.2, -0.15) is 4.98 Å². The number of amides is 1. The van der Waals surface area contributed by atoms with Crippen molar-refractivity contribution in [3.05, 3.63) is 111 Å². The Morgan fingerprint density at radius 3 is 2.58 bits per heavy atom. The fourth-order valence-electron chi connectivity index (χ4n) is 3.69. The van der Waals surface area contributed by atoms with Gasteiger partial charge in [0, 0.05) is 21.3 Å². The predicted octanol–water partition coefficient (Wildman–Crippen LogP) is 6.20. The van der Waals surface area contributed by atoms with Crippen LogP contribution in [0.2, 0.25) is 10.0 Å². The van der Waals surface area contributed by atoms with Crippen LogP contribution < -0.4 is 10.6 Å². The summed E-state index contributed by atoms with van der Waals surface area (Å²) in [6.45, 7) is 2.05. The highest BCUT2D eigenvalue weighted by atomic mass is 35.5. The first-order valence-corrected chi connectivity index (χ1v) is 11.1. The van der Waals surface area contributed by atoms with Crippen LogP contribution in [-0.4, -0.2) is 20.7 Å². The lowest BCUT2D eigenvalue weighted by Crippen LogP contribution is -2.20. The molecule has 6 nitrogen and oxygen atoms in total. The summed E-state index contributed by atoms with van der Waals surface area (Å²) in [6, 6.07) is 22.2. The van der Waals surface area contributed by atoms with Gasteiger partial charge in [0.25, 0.3) is 11.9 Å². The van der Waals surface area contributed by atoms with Gasteiger partial charge in [0.1, 0.15) is 6.04 Å². The number of carbonyl (C=O) groups excluding carboxylic acids is 1. The fraction of sp³-hybridized carbons (Fsp3) is 0.0800. The lowest BCUT2D eigenvalue weighted by atomic mass is 10.0. The Hall–Kier alpha value is -3.61. The van der Waals surface area contributed by atoms with Crippen molar-refractivity contribution >= 4 is 46.7 Å². The summed E-state index contributed by atoms with van der Waals surface area (Å²) in [5.41, 5.74) is 4.37. The molecule has 0 fully saturated rings. The molecule has 1 aliphatic rings. The molecule has 8 heteroatoms. The van der Waals surface area contributed by atoms with Crippen molar-refractivity contribution in [2.45, 2.75) is 13.0 Å². The first-order chi connectivity index (χ1) is 16.0. The van der Waals surface area contributed by atoms with E-state index in [2.05, 4.69) is 38.9 Å². The summed E-state index contributed by atoms with van der Waals surface area (Å²) in [4.78, 5) is 17.2. The van der Waals surface area contributed by atoms with Crippen LogP contribution in [0.3, 0.4) is 0 Å². The number of anilines is 2. The van der Waals surface area contributed by atoms with Crippen molar-refractivity contribution in [2.24, 2.45) is 0 Å². The zero-order valence-electron chi connectivity index (χ0n) is 17.6. The normalized spacial score (nSPS) is 14.8. The summed E-state index contributed by atoms with van der Waals surface area (Å²) in [5.74, 6) is 0.332. The maximum atomic E-state index is 12.7. The zero-order chi connectivity index (χ0) is 22.9. The predicted molar refractivity (Wildman–Crippen MR) is 132 cm³/mol. The first kappa shape index (κ1) is 21.2. The van der Waals surface area contributed by atoms with E-state index in [1.807, 2.05) is 43.3 Å². The Labute approximate surface area is 200 Å². The highest BCUT2D eigenvalue weighted by molar-refractivity contribution is 6.31. The van der Waals surface area contributed by atoms with E-state index in [1.54, 1.807) is 28.9 Å². The summed E-state index contributed by atoms with van der Waals surface area (Å²) in [7, 11) is 0. The highest BCUT2D eigenvalue weighted by Gasteiger charge is 2.27. The Morgan fingerprint density at radius 1 is 1.03 bits per heavy atom. The summed E-state index contributed by atoms with van der Waals surface area (Å²) in [5, 5.41) is 11.7. The molecule has 1 aliphatic heterocycles. The second kappa shape index (κ2) is 8.73. The summed E-state index contributed by atoms with van der Waals surface area (Å²) < 4.78 is 1.71. The van der Waals surface area contributed by atoms with Gasteiger partial charge in [0.05, 0.1) is 0 Å². The molecule has 1 unspecified atom stereocenters. The molecule has 0 aliphatic carbocycles. The van der Waals surface area contributed by atoms with Crippen LogP contribution in [0.4, 0.5) is 11.9 Å². The molecule has 5 rings (SSSR count). The van der Waals surface area contributed by atoms with Crippen molar-refractivity contribution in [1.82, 2.24) is 14.8 Å². The van der Waals surface area contributed by atoms with Gasteiger partial charge < -0.3 is 5.32 Å². The third-order valence-corrected chi connectivity index (χ3v) is 5.94. The van der Waals surface area contributed by atoms with Gasteiger partial charge in [0.2, 0.25) is 5.95 Å². The van der Waals surface area contributed by atoms with Gasteiger partial charge in [-0.25, -0.2) is 4.68 Å². The number of halogens is 2. The van der Waals surface area contributed by atoms with Crippen LogP contribution in [0.1, 0.15) is 33.1 Å². The van der Waals surface area contributed by atoms with Gasteiger partial charge in [-0.15, -0.1) is 5.10 Å². The Balaban J connectivity index is 1.53. The van der Waals surface area contributed by atoms with E-state index in [1.165, 1.54) is 5.56 Å². The molecule has 1 atom stereocenters. The van der Waals surface area contributed by atoms with Crippen LogP contribution >= 0.6 is 23.2 Å². The van der Waals surface area contributed by atoms with Crippen molar-refractivity contribution in [3.8, 4) is 0 Å². The lowest BCUT2D eigenvalue weighted by molar-refractivity contribution is 0.102. The summed E-state index contributed by atoms with van der Waals surface area (Å²) >= 11 is 12.5. The molecule has 3 aromatic carbocycles. The van der Waals surface area contributed by atoms with E-state index in [9.17, 15) is 4.79 Å². The topological polar surface area (TPSA) is 71.8 Å². The molecule has 33 heavy (non-hydrogen) atoms. The molecular weight excluding hydrogens is 457 g/mol. The molecule has 0 saturated carbocycles. The Kier molecular flexibility index (Phi) is 5.62. The van der Waals surface area contributed by atoms with Crippen LogP contribution in [0.5, 0.6) is 0 Å². The van der Waals surface area contributed by atoms with Crippen molar-refractivity contribution in [1.29, 1.82) is 0 Å². The third kappa shape index (κ3) is 4.35. The fourth-order valence-corrected chi connectivity index (χ4v) is 4.13. The zero-order valence-corrected chi connectivity index (χ0v) is 19.1. The number of aryl methyl sites for hydroxylation is 1. The van der Waals surface area contributed by atoms with Crippen molar-refractivity contribution in [2.75, 3.05) is 10.6 Å². The number of nitrogens with zero attached hydrogens (tertiary/aromatic N) is 3. The average Bonchev–Trinajstić information content (AvgIpc) is 3.21. The molecular formula is C25H19Cl2N5O. The molecule has 0 radical (unpaired) electrons. The quantitative estimate of drug-likeness (QED) is 0.368. The second-order valence-corrected chi connectivity index (χ2v) is 8.55. The smallest absolute Gasteiger partial charge is 0.258 e. The van der Waals surface area contributed by atoms with E-state index in [0.29, 0.717) is 21.6 Å². The molecule has 0 bridgehead atoms. The number of hydrogen-bond acceptors (Lipinski definition) is 4. The number of allylic oxidation sites excluding steroid dienone is 1. The molecule has 4 aromatic rings. The van der Waals surface area contributed by atoms with E-state index in [-0.39, 0.29) is 17.9 Å². The molecule has 0 saturated heterocycles. The maximum absolute atomic E-state index is 12.7. The minimum atomic E-state index is -0.346. The molecule has 164 valence electrons. The number of aromatic nitrogens is 3. The first-order valence-electron chi connectivity index (χ1n) is 10.3. The number of fused-ring (bicyclic) bond motifs is 1. The standard InChI is InChI=1S/C25H19Cl2N5O/c1-15-9-11-16(12-10-15)21-14-22(19-7-2-3-8-20(19)27)32-25(28-21)30-24(31-32)29-23(33)17-5-4-6-18(26)13-17/h2-14,22H,1H3,(H2,28,29,30,31,33). The maximum Gasteiger partial charge on any atom is 0.258 e. The molecule has 2 heterocycles. The Morgan fingerprint density at radius 2 is 1.82 bits per heavy atom. The van der Waals surface area contributed by atoms with E-state index in [0.717, 1.165) is 16.8 Å². The van der Waals surface area contributed by atoms with Gasteiger partial charge in [-0.05, 0) is 48.4 Å². The van der Waals surface area contributed by atoms with Crippen LogP contribution in [-0.2, 0) is 0 Å². The number of nitrogens with one attached hydrogen (secondary N) is 2. The third-order valence-electron chi connectivity index (χ3n) is 5.36. The minimum absolute atomic E-state index is 0.179. The number of hydrogen-bond donors (Lipinski definition) is 2. The highest BCUT2D eigenvalue weighted by Crippen LogP contribution is 2.36. The number of benzene rings is 3. The summed E-state index contributed by atoms with van der Waals surface area (Å²) in [6.07, 6.45) is 2.05. The van der Waals surface area contributed by atoms with E-state index < -0.39 is 0 Å². The van der Waals surface area contributed by atoms with Crippen LogP contribution in [0.25, 0.3) is 5.70 Å². The van der Waals surface area contributed by atoms with Crippen molar-refractivity contribution in [3.63, 3.8) is 0 Å². The molecule has 2 N–H and O–H groups in total. The largest absolute Gasteiger partial charge is 0.324 e. The van der Waals surface area contributed by atoms with Gasteiger partial charge >= 0.3 is 0 Å². The molecule has 0 spiro atoms. The Bertz CT molecular complexity index is 1380. The number of rotatable bonds is 4. The van der Waals surface area contributed by atoms with Crippen LogP contribution in [0, 0.1) is 6.92 Å². The average molecular weight is 476 g/mol. The van der Waals surface area contributed by atoms with Crippen LogP contribution in [0.15, 0.2) is 78.9 Å². The van der Waals surface area contributed by atoms with Gasteiger partial charge in [0.15, 0.2) is 0 Å². The lowest BCUT2D eigenvalue weighted by Gasteiger charge is -2.25. The second-order valence-electron chi connectivity index (χ2n) is 7.71. The SMILES string of the molecule is Cc1ccc(C2=CC(c3ccccc3Cl)n3nc(NC(=O)c4cccc(Cl)c4)nc3N2)cc1. The van der Waals surface area contributed by atoms with Crippen molar-refractivity contribution < 1.29 is 4.79 Å². The monoisotopic (exact) mass is 475 g/mol. The minimum Gasteiger partial charge on any atom is -0.324 e. The molecule has 1 amide bonds. The molecule has 1 aromatic heterocycles. The number of carbonyl (C=O) groups is 1. The van der Waals surface area contributed by atoms with E-state index in [4.69, 9.17) is 23.2 Å². The van der Waals surface area contributed by atoms with Gasteiger partial charge in [-0.3, -0.25) is 10.1 Å².